The van der Waals surface area contributed by atoms with Crippen molar-refractivity contribution in [1.82, 2.24) is 14.9 Å². The predicted molar refractivity (Wildman–Crippen MR) is 122 cm³/mol. The lowest BCUT2D eigenvalue weighted by molar-refractivity contribution is -0.136. The summed E-state index contributed by atoms with van der Waals surface area (Å²) >= 11 is 5.94. The molecule has 1 aromatic heterocycles. The number of benzene rings is 1. The van der Waals surface area contributed by atoms with Gasteiger partial charge in [0.1, 0.15) is 5.82 Å². The highest BCUT2D eigenvalue weighted by Crippen LogP contribution is 2.28. The Kier molecular flexibility index (Phi) is 6.00. The number of rotatable bonds is 4. The quantitative estimate of drug-likeness (QED) is 0.722. The fourth-order valence-corrected chi connectivity index (χ4v) is 4.16. The molecule has 2 fully saturated rings. The van der Waals surface area contributed by atoms with Gasteiger partial charge in [-0.05, 0) is 31.2 Å². The zero-order valence-corrected chi connectivity index (χ0v) is 18.8. The van der Waals surface area contributed by atoms with E-state index in [4.69, 9.17) is 11.6 Å². The van der Waals surface area contributed by atoms with Gasteiger partial charge in [-0.15, -0.1) is 0 Å². The van der Waals surface area contributed by atoms with Gasteiger partial charge in [-0.2, -0.15) is 4.98 Å². The second-order valence-corrected chi connectivity index (χ2v) is 8.69. The van der Waals surface area contributed by atoms with E-state index in [1.54, 1.807) is 17.0 Å². The topological polar surface area (TPSA) is 72.9 Å². The van der Waals surface area contributed by atoms with E-state index in [0.717, 1.165) is 17.2 Å². The van der Waals surface area contributed by atoms with E-state index in [0.29, 0.717) is 43.7 Å². The molecule has 0 saturated carbocycles. The van der Waals surface area contributed by atoms with Gasteiger partial charge in [0, 0.05) is 75.7 Å². The van der Waals surface area contributed by atoms with Crippen LogP contribution in [0.2, 0.25) is 5.02 Å². The summed E-state index contributed by atoms with van der Waals surface area (Å²) in [4.78, 5) is 42.4. The molecule has 9 heteroatoms. The van der Waals surface area contributed by atoms with Crippen LogP contribution in [-0.4, -0.2) is 73.5 Å². The SMILES string of the molecule is Cc1cc(N(C)C)nc(N2CCN(C(=O)C3CC(=O)N(c4ccc(Cl)cc4)C3)CC2)n1. The number of hydrogen-bond acceptors (Lipinski definition) is 6. The Bertz CT molecular complexity index is 972. The van der Waals surface area contributed by atoms with Gasteiger partial charge in [0.15, 0.2) is 0 Å². The molecule has 2 aromatic rings. The van der Waals surface area contributed by atoms with Gasteiger partial charge in [0.2, 0.25) is 17.8 Å². The summed E-state index contributed by atoms with van der Waals surface area (Å²) in [6.45, 7) is 4.90. The molecule has 0 radical (unpaired) electrons. The first-order chi connectivity index (χ1) is 14.8. The first-order valence-corrected chi connectivity index (χ1v) is 10.8. The highest BCUT2D eigenvalue weighted by molar-refractivity contribution is 6.30. The van der Waals surface area contributed by atoms with Crippen LogP contribution < -0.4 is 14.7 Å². The van der Waals surface area contributed by atoms with Crippen LogP contribution in [0.25, 0.3) is 0 Å². The smallest absolute Gasteiger partial charge is 0.228 e. The highest BCUT2D eigenvalue weighted by atomic mass is 35.5. The lowest BCUT2D eigenvalue weighted by Crippen LogP contribution is -2.51. The third-order valence-corrected chi connectivity index (χ3v) is 6.03. The van der Waals surface area contributed by atoms with E-state index < -0.39 is 0 Å². The molecule has 4 rings (SSSR count). The number of carbonyl (C=O) groups is 2. The van der Waals surface area contributed by atoms with Crippen LogP contribution in [0.5, 0.6) is 0 Å². The molecule has 0 N–H and O–H groups in total. The first-order valence-electron chi connectivity index (χ1n) is 10.4. The van der Waals surface area contributed by atoms with Crippen molar-refractivity contribution in [2.45, 2.75) is 13.3 Å². The van der Waals surface area contributed by atoms with Gasteiger partial charge in [0.05, 0.1) is 5.92 Å². The molecule has 8 nitrogen and oxygen atoms in total. The molecule has 2 aliphatic rings. The summed E-state index contributed by atoms with van der Waals surface area (Å²) in [5.41, 5.74) is 1.70. The molecular weight excluding hydrogens is 416 g/mol. The Morgan fingerprint density at radius 1 is 1.10 bits per heavy atom. The molecule has 164 valence electrons. The molecule has 2 saturated heterocycles. The molecule has 1 atom stereocenters. The van der Waals surface area contributed by atoms with Crippen molar-refractivity contribution in [2.75, 3.05) is 61.5 Å². The first kappa shape index (κ1) is 21.4. The minimum atomic E-state index is -0.315. The fraction of sp³-hybridized carbons (Fsp3) is 0.455. The number of anilines is 3. The second kappa shape index (κ2) is 8.70. The monoisotopic (exact) mass is 442 g/mol. The van der Waals surface area contributed by atoms with Gasteiger partial charge >= 0.3 is 0 Å². The summed E-state index contributed by atoms with van der Waals surface area (Å²) in [5, 5.41) is 0.621. The van der Waals surface area contributed by atoms with Crippen molar-refractivity contribution in [3.63, 3.8) is 0 Å². The summed E-state index contributed by atoms with van der Waals surface area (Å²) < 4.78 is 0. The zero-order chi connectivity index (χ0) is 22.1. The van der Waals surface area contributed by atoms with Gasteiger partial charge in [-0.25, -0.2) is 4.98 Å². The fourth-order valence-electron chi connectivity index (χ4n) is 4.04. The van der Waals surface area contributed by atoms with E-state index in [1.807, 2.05) is 49.0 Å². The molecule has 1 unspecified atom stereocenters. The summed E-state index contributed by atoms with van der Waals surface area (Å²) in [6, 6.07) is 9.10. The van der Waals surface area contributed by atoms with Crippen LogP contribution in [0.15, 0.2) is 30.3 Å². The third kappa shape index (κ3) is 4.58. The van der Waals surface area contributed by atoms with Gasteiger partial charge < -0.3 is 19.6 Å². The molecule has 1 aromatic carbocycles. The Labute approximate surface area is 187 Å². The van der Waals surface area contributed by atoms with Crippen LogP contribution in [0.1, 0.15) is 12.1 Å². The summed E-state index contributed by atoms with van der Waals surface area (Å²) in [6.07, 6.45) is 0.245. The molecule has 0 bridgehead atoms. The van der Waals surface area contributed by atoms with E-state index in [2.05, 4.69) is 14.9 Å². The molecule has 31 heavy (non-hydrogen) atoms. The second-order valence-electron chi connectivity index (χ2n) is 8.26. The number of carbonyl (C=O) groups excluding carboxylic acids is 2. The highest BCUT2D eigenvalue weighted by Gasteiger charge is 2.38. The van der Waals surface area contributed by atoms with Crippen molar-refractivity contribution < 1.29 is 9.59 Å². The number of nitrogens with zero attached hydrogens (tertiary/aromatic N) is 6. The van der Waals surface area contributed by atoms with Crippen LogP contribution in [0, 0.1) is 12.8 Å². The summed E-state index contributed by atoms with van der Waals surface area (Å²) in [7, 11) is 3.91. The molecule has 0 aliphatic carbocycles. The van der Waals surface area contributed by atoms with Gasteiger partial charge in [-0.1, -0.05) is 11.6 Å². The Balaban J connectivity index is 1.38. The van der Waals surface area contributed by atoms with Crippen LogP contribution in [0.3, 0.4) is 0 Å². The summed E-state index contributed by atoms with van der Waals surface area (Å²) in [5.74, 6) is 1.27. The number of aryl methyl sites for hydroxylation is 1. The Morgan fingerprint density at radius 3 is 2.42 bits per heavy atom. The number of piperazine rings is 1. The molecular formula is C22H27ClN6O2. The average molecular weight is 443 g/mol. The molecule has 2 amide bonds. The molecule has 0 spiro atoms. The van der Waals surface area contributed by atoms with E-state index in [9.17, 15) is 9.59 Å². The maximum absolute atomic E-state index is 13.1. The van der Waals surface area contributed by atoms with Gasteiger partial charge in [-0.3, -0.25) is 9.59 Å². The maximum Gasteiger partial charge on any atom is 0.228 e. The predicted octanol–water partition coefficient (Wildman–Crippen LogP) is 2.21. The van der Waals surface area contributed by atoms with E-state index in [1.165, 1.54) is 0 Å². The zero-order valence-electron chi connectivity index (χ0n) is 18.1. The van der Waals surface area contributed by atoms with Crippen LogP contribution in [0.4, 0.5) is 17.5 Å². The van der Waals surface area contributed by atoms with Crippen molar-refractivity contribution in [2.24, 2.45) is 5.92 Å². The van der Waals surface area contributed by atoms with Crippen molar-refractivity contribution >= 4 is 40.9 Å². The van der Waals surface area contributed by atoms with E-state index >= 15 is 0 Å². The molecule has 2 aliphatic heterocycles. The van der Waals surface area contributed by atoms with Gasteiger partial charge in [0.25, 0.3) is 0 Å². The van der Waals surface area contributed by atoms with Crippen molar-refractivity contribution in [1.29, 1.82) is 0 Å². The third-order valence-electron chi connectivity index (χ3n) is 5.77. The Hall–Kier alpha value is -2.87. The molecule has 3 heterocycles. The normalized spacial score (nSPS) is 19.2. The van der Waals surface area contributed by atoms with Crippen molar-refractivity contribution in [3.05, 3.63) is 41.0 Å². The number of aromatic nitrogens is 2. The van der Waals surface area contributed by atoms with Crippen LogP contribution >= 0.6 is 11.6 Å². The number of hydrogen-bond donors (Lipinski definition) is 0. The minimum absolute atomic E-state index is 0.0244. The Morgan fingerprint density at radius 2 is 1.77 bits per heavy atom. The van der Waals surface area contributed by atoms with E-state index in [-0.39, 0.29) is 24.2 Å². The van der Waals surface area contributed by atoms with Crippen molar-refractivity contribution in [3.8, 4) is 0 Å². The van der Waals surface area contributed by atoms with Crippen LogP contribution in [-0.2, 0) is 9.59 Å². The number of amides is 2. The average Bonchev–Trinajstić information content (AvgIpc) is 3.15. The standard InChI is InChI=1S/C22H27ClN6O2/c1-15-12-19(26(2)3)25-22(24-15)28-10-8-27(9-11-28)21(31)16-13-20(30)29(14-16)18-6-4-17(23)5-7-18/h4-7,12,16H,8-11,13-14H2,1-3H3. The lowest BCUT2D eigenvalue weighted by atomic mass is 10.1. The lowest BCUT2D eigenvalue weighted by Gasteiger charge is -2.36. The number of halogens is 1. The minimum Gasteiger partial charge on any atom is -0.363 e. The maximum atomic E-state index is 13.1. The largest absolute Gasteiger partial charge is 0.363 e.